The topological polar surface area (TPSA) is 46.5 Å². The van der Waals surface area contributed by atoms with Crippen LogP contribution in [0.1, 0.15) is 27.0 Å². The molecule has 3 nitrogen and oxygen atoms in total. The first kappa shape index (κ1) is 15.0. The molecule has 2 aromatic rings. The van der Waals surface area contributed by atoms with Gasteiger partial charge in [0.15, 0.2) is 17.4 Å². The molecule has 2 aromatic carbocycles. The first-order valence-corrected chi connectivity index (χ1v) is 6.29. The van der Waals surface area contributed by atoms with Gasteiger partial charge in [-0.3, -0.25) is 0 Å². The Hall–Kier alpha value is -2.43. The summed E-state index contributed by atoms with van der Waals surface area (Å²) in [5.41, 5.74) is 2.32. The second kappa shape index (κ2) is 5.91. The van der Waals surface area contributed by atoms with Crippen LogP contribution < -0.4 is 4.74 Å². The minimum atomic E-state index is -1.39. The van der Waals surface area contributed by atoms with Gasteiger partial charge in [0.1, 0.15) is 6.61 Å². The molecule has 0 radical (unpaired) electrons. The Bertz CT molecular complexity index is 673. The van der Waals surface area contributed by atoms with Gasteiger partial charge in [-0.05, 0) is 37.1 Å². The lowest BCUT2D eigenvalue weighted by Crippen LogP contribution is -2.05. The van der Waals surface area contributed by atoms with E-state index in [1.807, 2.05) is 32.0 Å². The fourth-order valence-electron chi connectivity index (χ4n) is 1.93. The van der Waals surface area contributed by atoms with E-state index in [1.54, 1.807) is 0 Å². The van der Waals surface area contributed by atoms with Crippen molar-refractivity contribution in [3.05, 3.63) is 64.2 Å². The van der Waals surface area contributed by atoms with Crippen molar-refractivity contribution in [3.8, 4) is 5.75 Å². The summed E-state index contributed by atoms with van der Waals surface area (Å²) in [6.45, 7) is 3.79. The van der Waals surface area contributed by atoms with Crippen LogP contribution in [0.15, 0.2) is 30.3 Å². The summed E-state index contributed by atoms with van der Waals surface area (Å²) in [5, 5.41) is 8.73. The summed E-state index contributed by atoms with van der Waals surface area (Å²) in [6, 6.07) is 7.18. The number of hydrogen-bond donors (Lipinski definition) is 1. The van der Waals surface area contributed by atoms with Crippen LogP contribution >= 0.6 is 0 Å². The number of ether oxygens (including phenoxy) is 1. The normalized spacial score (nSPS) is 10.5. The van der Waals surface area contributed by atoms with E-state index in [-0.39, 0.29) is 6.61 Å². The lowest BCUT2D eigenvalue weighted by Gasteiger charge is -2.11. The van der Waals surface area contributed by atoms with Crippen molar-refractivity contribution in [2.24, 2.45) is 0 Å². The number of benzene rings is 2. The molecule has 0 unspecified atom stereocenters. The maximum atomic E-state index is 13.7. The van der Waals surface area contributed by atoms with Crippen molar-refractivity contribution in [3.63, 3.8) is 0 Å². The summed E-state index contributed by atoms with van der Waals surface area (Å²) < 4.78 is 32.6. The number of carboxylic acid groups (broad SMARTS) is 1. The van der Waals surface area contributed by atoms with E-state index < -0.39 is 28.9 Å². The minimum Gasteiger partial charge on any atom is -0.483 e. The summed E-state index contributed by atoms with van der Waals surface area (Å²) in [5.74, 6) is -4.02. The molecule has 0 aliphatic heterocycles. The van der Waals surface area contributed by atoms with Crippen molar-refractivity contribution in [1.82, 2.24) is 0 Å². The number of rotatable bonds is 4. The lowest BCUT2D eigenvalue weighted by molar-refractivity contribution is 0.0695. The Labute approximate surface area is 120 Å². The SMILES string of the molecule is Cc1ccc(C)c(COc2c(F)cc(C(=O)O)cc2F)c1. The molecule has 0 heterocycles. The molecular formula is C16H14F2O3. The van der Waals surface area contributed by atoms with Crippen LogP contribution in [0.3, 0.4) is 0 Å². The summed E-state index contributed by atoms with van der Waals surface area (Å²) in [7, 11) is 0. The Morgan fingerprint density at radius 2 is 1.76 bits per heavy atom. The molecule has 0 bridgehead atoms. The molecule has 110 valence electrons. The molecule has 0 saturated carbocycles. The third kappa shape index (κ3) is 3.37. The average Bonchev–Trinajstić information content (AvgIpc) is 2.41. The first-order valence-electron chi connectivity index (χ1n) is 6.29. The molecule has 1 N–H and O–H groups in total. The minimum absolute atomic E-state index is 0.00771. The van der Waals surface area contributed by atoms with Gasteiger partial charge in [-0.2, -0.15) is 0 Å². The highest BCUT2D eigenvalue weighted by Gasteiger charge is 2.16. The maximum Gasteiger partial charge on any atom is 0.335 e. The highest BCUT2D eigenvalue weighted by Crippen LogP contribution is 2.25. The fourth-order valence-corrected chi connectivity index (χ4v) is 1.93. The van der Waals surface area contributed by atoms with E-state index in [1.165, 1.54) is 0 Å². The van der Waals surface area contributed by atoms with E-state index in [0.717, 1.165) is 28.8 Å². The third-order valence-corrected chi connectivity index (χ3v) is 3.12. The summed E-state index contributed by atoms with van der Waals surface area (Å²) in [4.78, 5) is 10.7. The molecular weight excluding hydrogens is 278 g/mol. The fraction of sp³-hybridized carbons (Fsp3) is 0.188. The van der Waals surface area contributed by atoms with Gasteiger partial charge in [0.2, 0.25) is 0 Å². The molecule has 0 aromatic heterocycles. The van der Waals surface area contributed by atoms with Gasteiger partial charge in [0.25, 0.3) is 0 Å². The maximum absolute atomic E-state index is 13.7. The van der Waals surface area contributed by atoms with Gasteiger partial charge in [-0.1, -0.05) is 23.8 Å². The third-order valence-electron chi connectivity index (χ3n) is 3.12. The highest BCUT2D eigenvalue weighted by molar-refractivity contribution is 5.87. The number of halogens is 2. The highest BCUT2D eigenvalue weighted by atomic mass is 19.1. The van der Waals surface area contributed by atoms with E-state index in [2.05, 4.69) is 0 Å². The van der Waals surface area contributed by atoms with E-state index in [9.17, 15) is 13.6 Å². The molecule has 0 aliphatic carbocycles. The average molecular weight is 292 g/mol. The largest absolute Gasteiger partial charge is 0.483 e. The standard InChI is InChI=1S/C16H14F2O3/c1-9-3-4-10(2)12(5-9)8-21-15-13(17)6-11(16(19)20)7-14(15)18/h3-7H,8H2,1-2H3,(H,19,20). The van der Waals surface area contributed by atoms with Crippen LogP contribution in [0, 0.1) is 25.5 Å². The molecule has 21 heavy (non-hydrogen) atoms. The van der Waals surface area contributed by atoms with Gasteiger partial charge in [0, 0.05) is 0 Å². The Balaban J connectivity index is 2.24. The smallest absolute Gasteiger partial charge is 0.335 e. The zero-order valence-electron chi connectivity index (χ0n) is 11.6. The molecule has 0 spiro atoms. The number of aryl methyl sites for hydroxylation is 2. The van der Waals surface area contributed by atoms with Crippen molar-refractivity contribution in [1.29, 1.82) is 0 Å². The number of hydrogen-bond acceptors (Lipinski definition) is 2. The molecule has 2 rings (SSSR count). The van der Waals surface area contributed by atoms with Crippen LogP contribution in [0.25, 0.3) is 0 Å². The van der Waals surface area contributed by atoms with Crippen molar-refractivity contribution < 1.29 is 23.4 Å². The van der Waals surface area contributed by atoms with E-state index in [4.69, 9.17) is 9.84 Å². The summed E-state index contributed by atoms with van der Waals surface area (Å²) in [6.07, 6.45) is 0. The number of carbonyl (C=O) groups is 1. The predicted molar refractivity (Wildman–Crippen MR) is 73.6 cm³/mol. The monoisotopic (exact) mass is 292 g/mol. The molecule has 0 atom stereocenters. The molecule has 0 amide bonds. The van der Waals surface area contributed by atoms with E-state index >= 15 is 0 Å². The van der Waals surface area contributed by atoms with Gasteiger partial charge in [0.05, 0.1) is 5.56 Å². The van der Waals surface area contributed by atoms with Gasteiger partial charge in [-0.25, -0.2) is 13.6 Å². The quantitative estimate of drug-likeness (QED) is 0.930. The van der Waals surface area contributed by atoms with Crippen molar-refractivity contribution >= 4 is 5.97 Å². The van der Waals surface area contributed by atoms with Crippen molar-refractivity contribution in [2.45, 2.75) is 20.5 Å². The number of aromatic carboxylic acids is 1. The molecule has 0 aliphatic rings. The van der Waals surface area contributed by atoms with Crippen LogP contribution in [0.2, 0.25) is 0 Å². The first-order chi connectivity index (χ1) is 9.88. The Kier molecular flexibility index (Phi) is 4.21. The molecule has 0 saturated heterocycles. The lowest BCUT2D eigenvalue weighted by atomic mass is 10.1. The number of carboxylic acids is 1. The Morgan fingerprint density at radius 3 is 2.33 bits per heavy atom. The Morgan fingerprint density at radius 1 is 1.14 bits per heavy atom. The van der Waals surface area contributed by atoms with Gasteiger partial charge >= 0.3 is 5.97 Å². The molecule has 0 fully saturated rings. The van der Waals surface area contributed by atoms with Crippen molar-refractivity contribution in [2.75, 3.05) is 0 Å². The zero-order valence-corrected chi connectivity index (χ0v) is 11.6. The van der Waals surface area contributed by atoms with Crippen LogP contribution in [0.5, 0.6) is 5.75 Å². The second-order valence-electron chi connectivity index (χ2n) is 4.79. The van der Waals surface area contributed by atoms with Crippen LogP contribution in [-0.4, -0.2) is 11.1 Å². The van der Waals surface area contributed by atoms with Crippen LogP contribution in [0.4, 0.5) is 8.78 Å². The second-order valence-corrected chi connectivity index (χ2v) is 4.79. The predicted octanol–water partition coefficient (Wildman–Crippen LogP) is 3.86. The van der Waals surface area contributed by atoms with E-state index in [0.29, 0.717) is 0 Å². The zero-order chi connectivity index (χ0) is 15.6. The summed E-state index contributed by atoms with van der Waals surface area (Å²) >= 11 is 0. The van der Waals surface area contributed by atoms with Gasteiger partial charge in [-0.15, -0.1) is 0 Å². The van der Waals surface area contributed by atoms with Gasteiger partial charge < -0.3 is 9.84 Å². The van der Waals surface area contributed by atoms with Crippen LogP contribution in [-0.2, 0) is 6.61 Å². The molecule has 5 heteroatoms.